The minimum absolute atomic E-state index is 0.0590. The van der Waals surface area contributed by atoms with Gasteiger partial charge in [-0.25, -0.2) is 4.99 Å². The van der Waals surface area contributed by atoms with Crippen LogP contribution in [-0.2, 0) is 28.5 Å². The van der Waals surface area contributed by atoms with Crippen molar-refractivity contribution in [2.24, 2.45) is 4.99 Å². The van der Waals surface area contributed by atoms with Crippen LogP contribution in [0.5, 0.6) is 0 Å². The molecule has 0 radical (unpaired) electrons. The third kappa shape index (κ3) is 8.31. The first-order valence-electron chi connectivity index (χ1n) is 13.0. The third-order valence-corrected chi connectivity index (χ3v) is 8.48. The number of amides is 1. The number of rotatable bonds is 17. The summed E-state index contributed by atoms with van der Waals surface area (Å²) in [4.78, 5) is 21.5. The summed E-state index contributed by atoms with van der Waals surface area (Å²) < 4.78 is 29.4. The number of amidine groups is 1. The molecule has 39 heavy (non-hydrogen) atoms. The Kier molecular flexibility index (Phi) is 11.3. The van der Waals surface area contributed by atoms with E-state index < -0.39 is 0 Å². The molecule has 0 N–H and O–H groups in total. The fourth-order valence-electron chi connectivity index (χ4n) is 3.90. The number of hydrogen-bond acceptors (Lipinski definition) is 10. The summed E-state index contributed by atoms with van der Waals surface area (Å²) in [5, 5.41) is 3.61. The lowest BCUT2D eigenvalue weighted by molar-refractivity contribution is -0.121. The van der Waals surface area contributed by atoms with Crippen LogP contribution >= 0.6 is 22.7 Å². The van der Waals surface area contributed by atoms with Gasteiger partial charge in [-0.1, -0.05) is 0 Å². The lowest BCUT2D eigenvalue weighted by Gasteiger charge is -2.16. The van der Waals surface area contributed by atoms with Gasteiger partial charge in [0.25, 0.3) is 5.91 Å². The number of thiophene rings is 2. The van der Waals surface area contributed by atoms with Gasteiger partial charge >= 0.3 is 0 Å². The molecule has 0 saturated heterocycles. The molecule has 2 aromatic heterocycles. The van der Waals surface area contributed by atoms with Crippen molar-refractivity contribution in [2.45, 2.75) is 6.92 Å². The molecule has 1 amide bonds. The highest BCUT2D eigenvalue weighted by Crippen LogP contribution is 2.38. The number of methoxy groups -OCH3 is 1. The fourth-order valence-corrected chi connectivity index (χ4v) is 6.01. The van der Waals surface area contributed by atoms with Gasteiger partial charge < -0.3 is 28.6 Å². The monoisotopic (exact) mass is 575 g/mol. The maximum Gasteiger partial charge on any atom is 0.277 e. The van der Waals surface area contributed by atoms with E-state index in [1.807, 2.05) is 13.0 Å². The number of fused-ring (bicyclic) bond motifs is 2. The number of anilines is 1. The van der Waals surface area contributed by atoms with Crippen LogP contribution in [0.3, 0.4) is 0 Å². The Morgan fingerprint density at radius 1 is 0.846 bits per heavy atom. The van der Waals surface area contributed by atoms with Crippen LogP contribution in [0, 0.1) is 0 Å². The molecule has 0 aliphatic carbocycles. The second-order valence-electron chi connectivity index (χ2n) is 9.08. The van der Waals surface area contributed by atoms with Gasteiger partial charge in [0.05, 0.1) is 64.5 Å². The second-order valence-corrected chi connectivity index (χ2v) is 11.3. The Bertz CT molecular complexity index is 1250. The molecular weight excluding hydrogens is 538 g/mol. The van der Waals surface area contributed by atoms with Crippen molar-refractivity contribution in [3.8, 4) is 0 Å². The van der Waals surface area contributed by atoms with Crippen LogP contribution in [0.4, 0.5) is 5.00 Å². The summed E-state index contributed by atoms with van der Waals surface area (Å²) in [6.07, 6.45) is 1.88. The lowest BCUT2D eigenvalue weighted by Crippen LogP contribution is -2.25. The number of carbonyl (C=O) groups is 1. The number of nitrogens with zero attached hydrogens (tertiary/aromatic N) is 3. The van der Waals surface area contributed by atoms with Crippen molar-refractivity contribution in [2.75, 3.05) is 92.1 Å². The molecule has 212 valence electrons. The van der Waals surface area contributed by atoms with E-state index in [0.717, 1.165) is 17.3 Å². The van der Waals surface area contributed by atoms with Crippen LogP contribution in [0.2, 0.25) is 0 Å². The smallest absolute Gasteiger partial charge is 0.277 e. The first-order valence-corrected chi connectivity index (χ1v) is 14.6. The van der Waals surface area contributed by atoms with E-state index in [1.54, 1.807) is 41.7 Å². The van der Waals surface area contributed by atoms with Crippen molar-refractivity contribution in [3.63, 3.8) is 0 Å². The lowest BCUT2D eigenvalue weighted by atomic mass is 10.2. The van der Waals surface area contributed by atoms with Gasteiger partial charge in [0, 0.05) is 42.0 Å². The molecule has 1 aliphatic rings. The number of carbonyl (C=O) groups excluding carboxylic acids is 1. The molecule has 3 aromatic rings. The van der Waals surface area contributed by atoms with E-state index in [4.69, 9.17) is 23.7 Å². The number of aliphatic imine (C=N–C) groups is 1. The normalized spacial score (nSPS) is 14.9. The van der Waals surface area contributed by atoms with Crippen molar-refractivity contribution < 1.29 is 28.5 Å². The first-order chi connectivity index (χ1) is 19.0. The first kappa shape index (κ1) is 29.6. The molecule has 0 bridgehead atoms. The average molecular weight is 576 g/mol. The Hall–Kier alpha value is -2.38. The second kappa shape index (κ2) is 14.8. The van der Waals surface area contributed by atoms with Gasteiger partial charge in [-0.15, -0.1) is 22.7 Å². The molecule has 4 rings (SSSR count). The minimum atomic E-state index is -0.0590. The molecule has 11 heteroatoms. The summed E-state index contributed by atoms with van der Waals surface area (Å²) in [6, 6.07) is 8.82. The highest BCUT2D eigenvalue weighted by molar-refractivity contribution is 7.23. The largest absolute Gasteiger partial charge is 0.382 e. The van der Waals surface area contributed by atoms with Gasteiger partial charge in [0.15, 0.2) is 0 Å². The molecule has 0 unspecified atom stereocenters. The highest BCUT2D eigenvalue weighted by Gasteiger charge is 2.23. The van der Waals surface area contributed by atoms with Gasteiger partial charge in [-0.05, 0) is 48.0 Å². The molecule has 9 nitrogen and oxygen atoms in total. The van der Waals surface area contributed by atoms with Crippen LogP contribution in [0.25, 0.3) is 26.2 Å². The summed E-state index contributed by atoms with van der Waals surface area (Å²) in [5.41, 5.74) is 0.491. The zero-order valence-electron chi connectivity index (χ0n) is 23.1. The van der Waals surface area contributed by atoms with Gasteiger partial charge in [-0.2, -0.15) is 0 Å². The number of likely N-dealkylation sites (N-methyl/N-ethyl adjacent to an activating group) is 2. The maximum atomic E-state index is 12.3. The molecule has 1 aliphatic heterocycles. The van der Waals surface area contributed by atoms with Crippen LogP contribution < -0.4 is 4.90 Å². The van der Waals surface area contributed by atoms with Gasteiger partial charge in [0.2, 0.25) is 0 Å². The molecule has 0 atom stereocenters. The van der Waals surface area contributed by atoms with E-state index in [9.17, 15) is 4.79 Å². The zero-order chi connectivity index (χ0) is 27.6. The van der Waals surface area contributed by atoms with Crippen LogP contribution in [0.15, 0.2) is 35.0 Å². The van der Waals surface area contributed by atoms with E-state index >= 15 is 0 Å². The molecule has 0 spiro atoms. The molecule has 3 heterocycles. The number of ether oxygens (including phenoxy) is 5. The van der Waals surface area contributed by atoms with Gasteiger partial charge in [-0.3, -0.25) is 9.69 Å². The minimum Gasteiger partial charge on any atom is -0.382 e. The standard InChI is InChI=1S/C28H37N3O6S2/c1-20-29-24(28(32)31(20)3)19-23-15-21-16-26-22(17-25(21)38-23)18-27(39-26)30(2)5-6-34-9-10-36-13-14-37-12-11-35-8-7-33-4/h15-19H,5-14H2,1-4H3/b24-19+. The van der Waals surface area contributed by atoms with E-state index in [2.05, 4.69) is 41.2 Å². The SMILES string of the molecule is COCCOCCOCCOCCOCCN(C)c1cc2cc3sc(/C=C4/N=C(C)N(C)C4=O)cc3cc2s1. The molecule has 0 saturated carbocycles. The van der Waals surface area contributed by atoms with Gasteiger partial charge in [0.1, 0.15) is 11.5 Å². The van der Waals surface area contributed by atoms with Crippen LogP contribution in [0.1, 0.15) is 11.8 Å². The number of benzene rings is 1. The fraction of sp³-hybridized carbons (Fsp3) is 0.500. The number of hydrogen-bond donors (Lipinski definition) is 0. The summed E-state index contributed by atoms with van der Waals surface area (Å²) in [6.45, 7) is 7.78. The van der Waals surface area contributed by atoms with E-state index in [1.165, 1.54) is 25.2 Å². The maximum absolute atomic E-state index is 12.3. The topological polar surface area (TPSA) is 82.1 Å². The van der Waals surface area contributed by atoms with E-state index in [-0.39, 0.29) is 5.91 Å². The van der Waals surface area contributed by atoms with Crippen molar-refractivity contribution in [3.05, 3.63) is 34.8 Å². The van der Waals surface area contributed by atoms with Crippen molar-refractivity contribution in [1.82, 2.24) is 4.90 Å². The molecular formula is C28H37N3O6S2. The Balaban J connectivity index is 1.16. The van der Waals surface area contributed by atoms with Crippen molar-refractivity contribution in [1.29, 1.82) is 0 Å². The Morgan fingerprint density at radius 3 is 2.00 bits per heavy atom. The quantitative estimate of drug-likeness (QED) is 0.173. The Labute approximate surface area is 237 Å². The predicted octanol–water partition coefficient (Wildman–Crippen LogP) is 4.50. The molecule has 1 aromatic carbocycles. The Morgan fingerprint density at radius 2 is 1.41 bits per heavy atom. The third-order valence-electron chi connectivity index (χ3n) is 6.23. The van der Waals surface area contributed by atoms with Crippen molar-refractivity contribution >= 4 is 65.7 Å². The highest BCUT2D eigenvalue weighted by atomic mass is 32.1. The zero-order valence-corrected chi connectivity index (χ0v) is 24.7. The average Bonchev–Trinajstić information content (AvgIpc) is 3.58. The molecule has 0 fully saturated rings. The summed E-state index contributed by atoms with van der Waals surface area (Å²) >= 11 is 3.45. The van der Waals surface area contributed by atoms with Crippen LogP contribution in [-0.4, -0.2) is 104 Å². The predicted molar refractivity (Wildman–Crippen MR) is 159 cm³/mol. The summed E-state index contributed by atoms with van der Waals surface area (Å²) in [7, 11) is 5.49. The van der Waals surface area contributed by atoms with E-state index in [0.29, 0.717) is 65.2 Å². The summed E-state index contributed by atoms with van der Waals surface area (Å²) in [5.74, 6) is 0.664.